The highest BCUT2D eigenvalue weighted by atomic mass is 32.2. The van der Waals surface area contributed by atoms with Gasteiger partial charge in [0.25, 0.3) is 5.91 Å². The Labute approximate surface area is 207 Å². The third-order valence-electron chi connectivity index (χ3n) is 5.29. The average molecular weight is 494 g/mol. The largest absolute Gasteiger partial charge is 0.352 e. The highest BCUT2D eigenvalue weighted by molar-refractivity contribution is 7.88. The van der Waals surface area contributed by atoms with E-state index in [1.165, 1.54) is 0 Å². The first-order valence-electron chi connectivity index (χ1n) is 11.5. The zero-order valence-electron chi connectivity index (χ0n) is 19.9. The highest BCUT2D eigenvalue weighted by Crippen LogP contribution is 2.18. The standard InChI is InChI=1S/C27H31N3O4S/c1-20(2)30-35(33,34)19-24-16-10-9-15-23(24)18-28-26(31)17-25(21-11-5-3-6-12-21)29-27(32)22-13-7-4-8-14-22/h3-16,20,25,30H,17-19H2,1-2H3,(H,28,31)(H,29,32). The molecule has 0 aliphatic carbocycles. The van der Waals surface area contributed by atoms with Gasteiger partial charge < -0.3 is 10.6 Å². The number of hydrogen-bond acceptors (Lipinski definition) is 4. The normalized spacial score (nSPS) is 12.2. The quantitative estimate of drug-likeness (QED) is 0.379. The van der Waals surface area contributed by atoms with Crippen LogP contribution in [0.1, 0.15) is 53.4 Å². The van der Waals surface area contributed by atoms with Crippen molar-refractivity contribution in [3.8, 4) is 0 Å². The minimum Gasteiger partial charge on any atom is -0.352 e. The summed E-state index contributed by atoms with van der Waals surface area (Å²) in [5.41, 5.74) is 2.68. The Kier molecular flexibility index (Phi) is 9.17. The van der Waals surface area contributed by atoms with Gasteiger partial charge in [-0.05, 0) is 42.7 Å². The minimum absolute atomic E-state index is 0.0396. The SMILES string of the molecule is CC(C)NS(=O)(=O)Cc1ccccc1CNC(=O)CC(NC(=O)c1ccccc1)c1ccccc1. The third-order valence-corrected chi connectivity index (χ3v) is 6.81. The Morgan fingerprint density at radius 3 is 2.00 bits per heavy atom. The van der Waals surface area contributed by atoms with E-state index in [0.717, 1.165) is 11.1 Å². The van der Waals surface area contributed by atoms with Crippen LogP contribution in [0.3, 0.4) is 0 Å². The molecule has 2 amide bonds. The lowest BCUT2D eigenvalue weighted by molar-refractivity contribution is -0.121. The van der Waals surface area contributed by atoms with Crippen molar-refractivity contribution in [2.75, 3.05) is 0 Å². The Morgan fingerprint density at radius 1 is 0.800 bits per heavy atom. The molecule has 1 unspecified atom stereocenters. The van der Waals surface area contributed by atoms with Crippen LogP contribution in [-0.4, -0.2) is 26.3 Å². The molecular formula is C27H31N3O4S. The second-order valence-corrected chi connectivity index (χ2v) is 10.3. The van der Waals surface area contributed by atoms with Crippen LogP contribution in [-0.2, 0) is 27.1 Å². The summed E-state index contributed by atoms with van der Waals surface area (Å²) in [7, 11) is -3.50. The maximum atomic E-state index is 12.9. The Hall–Kier alpha value is -3.49. The van der Waals surface area contributed by atoms with Crippen LogP contribution >= 0.6 is 0 Å². The topological polar surface area (TPSA) is 104 Å². The van der Waals surface area contributed by atoms with Crippen LogP contribution in [0.25, 0.3) is 0 Å². The number of amides is 2. The van der Waals surface area contributed by atoms with Crippen LogP contribution in [0.5, 0.6) is 0 Å². The maximum Gasteiger partial charge on any atom is 0.251 e. The Morgan fingerprint density at radius 2 is 1.37 bits per heavy atom. The van der Waals surface area contributed by atoms with Crippen LogP contribution in [0.2, 0.25) is 0 Å². The molecule has 0 spiro atoms. The van der Waals surface area contributed by atoms with E-state index in [-0.39, 0.29) is 36.6 Å². The molecule has 0 fully saturated rings. The molecule has 7 nitrogen and oxygen atoms in total. The van der Waals surface area contributed by atoms with Crippen molar-refractivity contribution in [1.29, 1.82) is 0 Å². The summed E-state index contributed by atoms with van der Waals surface area (Å²) in [6.45, 7) is 3.72. The van der Waals surface area contributed by atoms with Gasteiger partial charge in [0.15, 0.2) is 0 Å². The maximum absolute atomic E-state index is 12.9. The fourth-order valence-electron chi connectivity index (χ4n) is 3.70. The number of sulfonamides is 1. The van der Waals surface area contributed by atoms with Crippen molar-refractivity contribution < 1.29 is 18.0 Å². The molecule has 3 N–H and O–H groups in total. The first-order chi connectivity index (χ1) is 16.7. The number of rotatable bonds is 11. The molecule has 1 atom stereocenters. The van der Waals surface area contributed by atoms with Gasteiger partial charge in [-0.25, -0.2) is 13.1 Å². The molecule has 35 heavy (non-hydrogen) atoms. The van der Waals surface area contributed by atoms with Gasteiger partial charge >= 0.3 is 0 Å². The molecule has 0 bridgehead atoms. The molecule has 0 saturated carbocycles. The molecule has 8 heteroatoms. The lowest BCUT2D eigenvalue weighted by Crippen LogP contribution is -2.34. The molecular weight excluding hydrogens is 462 g/mol. The number of nitrogens with one attached hydrogen (secondary N) is 3. The lowest BCUT2D eigenvalue weighted by Gasteiger charge is -2.19. The highest BCUT2D eigenvalue weighted by Gasteiger charge is 2.20. The number of carbonyl (C=O) groups is 2. The van der Waals surface area contributed by atoms with E-state index in [2.05, 4.69) is 15.4 Å². The lowest BCUT2D eigenvalue weighted by atomic mass is 10.0. The smallest absolute Gasteiger partial charge is 0.251 e. The van der Waals surface area contributed by atoms with Gasteiger partial charge in [-0.15, -0.1) is 0 Å². The Bertz CT molecular complexity index is 1230. The van der Waals surface area contributed by atoms with Gasteiger partial charge in [-0.3, -0.25) is 9.59 Å². The molecule has 3 aromatic carbocycles. The summed E-state index contributed by atoms with van der Waals surface area (Å²) in [6.07, 6.45) is 0.0396. The van der Waals surface area contributed by atoms with E-state index in [1.807, 2.05) is 36.4 Å². The average Bonchev–Trinajstić information content (AvgIpc) is 2.83. The van der Waals surface area contributed by atoms with Gasteiger partial charge in [0.05, 0.1) is 18.2 Å². The van der Waals surface area contributed by atoms with Crippen LogP contribution < -0.4 is 15.4 Å². The fourth-order valence-corrected chi connectivity index (χ4v) is 5.19. The number of benzene rings is 3. The first kappa shape index (κ1) is 26.1. The van der Waals surface area contributed by atoms with Gasteiger partial charge in [-0.2, -0.15) is 0 Å². The van der Waals surface area contributed by atoms with Crippen molar-refractivity contribution in [3.05, 3.63) is 107 Å². The van der Waals surface area contributed by atoms with Gasteiger partial charge in [0.1, 0.15) is 0 Å². The second kappa shape index (κ2) is 12.3. The van der Waals surface area contributed by atoms with Crippen molar-refractivity contribution in [1.82, 2.24) is 15.4 Å². The third kappa shape index (κ3) is 8.35. The summed E-state index contributed by atoms with van der Waals surface area (Å²) in [4.78, 5) is 25.6. The van der Waals surface area contributed by atoms with Crippen molar-refractivity contribution in [2.45, 2.75) is 44.6 Å². The summed E-state index contributed by atoms with van der Waals surface area (Å²) in [5, 5.41) is 5.83. The molecule has 0 saturated heterocycles. The van der Waals surface area contributed by atoms with E-state index < -0.39 is 16.1 Å². The van der Waals surface area contributed by atoms with Crippen molar-refractivity contribution >= 4 is 21.8 Å². The second-order valence-electron chi connectivity index (χ2n) is 8.58. The van der Waals surface area contributed by atoms with Gasteiger partial charge in [0.2, 0.25) is 15.9 Å². The predicted octanol–water partition coefficient (Wildman–Crippen LogP) is 3.69. The molecule has 0 aromatic heterocycles. The van der Waals surface area contributed by atoms with Crippen molar-refractivity contribution in [3.63, 3.8) is 0 Å². The zero-order valence-corrected chi connectivity index (χ0v) is 20.7. The molecule has 3 aromatic rings. The summed E-state index contributed by atoms with van der Waals surface area (Å²) >= 11 is 0. The summed E-state index contributed by atoms with van der Waals surface area (Å²) in [5.74, 6) is -0.692. The summed E-state index contributed by atoms with van der Waals surface area (Å²) in [6, 6.07) is 24.6. The van der Waals surface area contributed by atoms with Crippen LogP contribution in [0.15, 0.2) is 84.9 Å². The summed E-state index contributed by atoms with van der Waals surface area (Å²) < 4.78 is 27.3. The molecule has 0 heterocycles. The molecule has 0 aliphatic heterocycles. The van der Waals surface area contributed by atoms with Gasteiger partial charge in [-0.1, -0.05) is 72.8 Å². The minimum atomic E-state index is -3.50. The van der Waals surface area contributed by atoms with E-state index >= 15 is 0 Å². The van der Waals surface area contributed by atoms with Gasteiger partial charge in [0, 0.05) is 18.2 Å². The fraction of sp³-hybridized carbons (Fsp3) is 0.259. The van der Waals surface area contributed by atoms with E-state index in [9.17, 15) is 18.0 Å². The number of hydrogen-bond donors (Lipinski definition) is 3. The van der Waals surface area contributed by atoms with E-state index in [4.69, 9.17) is 0 Å². The van der Waals surface area contributed by atoms with Crippen molar-refractivity contribution in [2.24, 2.45) is 0 Å². The van der Waals surface area contributed by atoms with E-state index in [1.54, 1.807) is 62.4 Å². The number of carbonyl (C=O) groups excluding carboxylic acids is 2. The first-order valence-corrected chi connectivity index (χ1v) is 13.1. The van der Waals surface area contributed by atoms with Crippen LogP contribution in [0.4, 0.5) is 0 Å². The molecule has 0 aliphatic rings. The molecule has 0 radical (unpaired) electrons. The molecule has 3 rings (SSSR count). The Balaban J connectivity index is 1.68. The monoisotopic (exact) mass is 493 g/mol. The van der Waals surface area contributed by atoms with E-state index in [0.29, 0.717) is 11.1 Å². The van der Waals surface area contributed by atoms with Crippen LogP contribution in [0, 0.1) is 0 Å². The predicted molar refractivity (Wildman–Crippen MR) is 137 cm³/mol. The zero-order chi connectivity index (χ0) is 25.3. The molecule has 184 valence electrons.